The molecule has 1 aromatic carbocycles. The lowest BCUT2D eigenvalue weighted by molar-refractivity contribution is 0.0494. The van der Waals surface area contributed by atoms with Gasteiger partial charge in [-0.2, -0.15) is 4.52 Å². The molecule has 2 heterocycles. The Labute approximate surface area is 199 Å². The molecule has 1 atom stereocenters. The number of hydrogen-bond acceptors (Lipinski definition) is 7. The van der Waals surface area contributed by atoms with Gasteiger partial charge in [0, 0.05) is 15.8 Å². The number of carbonyl (C=O) groups excluding carboxylic acids is 1. The summed E-state index contributed by atoms with van der Waals surface area (Å²) < 4.78 is 7.95. The molecular weight excluding hydrogens is 477 g/mol. The second kappa shape index (κ2) is 9.94. The molecule has 1 amide bonds. The van der Waals surface area contributed by atoms with Crippen LogP contribution in [0, 0.1) is 5.92 Å². The van der Waals surface area contributed by atoms with E-state index in [9.17, 15) is 4.79 Å². The van der Waals surface area contributed by atoms with E-state index in [1.165, 1.54) is 11.3 Å². The number of thioether (sulfide) groups is 1. The zero-order valence-electron chi connectivity index (χ0n) is 18.0. The summed E-state index contributed by atoms with van der Waals surface area (Å²) in [5, 5.41) is 17.4. The van der Waals surface area contributed by atoms with Crippen LogP contribution >= 0.6 is 46.3 Å². The van der Waals surface area contributed by atoms with Crippen LogP contribution in [0.4, 0.5) is 4.79 Å². The van der Waals surface area contributed by atoms with Crippen LogP contribution in [0.2, 0.25) is 10.0 Å². The van der Waals surface area contributed by atoms with E-state index in [1.807, 2.05) is 32.9 Å². The van der Waals surface area contributed by atoms with Crippen molar-refractivity contribution in [3.8, 4) is 0 Å². The maximum absolute atomic E-state index is 12.4. The molecule has 0 saturated heterocycles. The van der Waals surface area contributed by atoms with Crippen molar-refractivity contribution in [2.75, 3.05) is 0 Å². The van der Waals surface area contributed by atoms with Gasteiger partial charge in [-0.25, -0.2) is 4.79 Å². The van der Waals surface area contributed by atoms with Gasteiger partial charge in [0.05, 0.1) is 6.04 Å². The van der Waals surface area contributed by atoms with E-state index in [0.717, 1.165) is 9.90 Å². The van der Waals surface area contributed by atoms with Gasteiger partial charge in [-0.15, -0.1) is 15.3 Å². The van der Waals surface area contributed by atoms with Crippen LogP contribution in [0.15, 0.2) is 22.5 Å². The molecule has 3 rings (SSSR count). The Bertz CT molecular complexity index is 1060. The van der Waals surface area contributed by atoms with Gasteiger partial charge in [0.15, 0.2) is 10.2 Å². The summed E-state index contributed by atoms with van der Waals surface area (Å²) >= 11 is 15.2. The normalized spacial score (nSPS) is 13.0. The number of amides is 1. The number of carbonyl (C=O) groups is 1. The van der Waals surface area contributed by atoms with Crippen molar-refractivity contribution in [3.05, 3.63) is 39.6 Å². The number of fused-ring (bicyclic) bond motifs is 1. The number of halogens is 2. The smallest absolute Gasteiger partial charge is 0.408 e. The van der Waals surface area contributed by atoms with Gasteiger partial charge in [0.2, 0.25) is 4.96 Å². The Morgan fingerprint density at radius 1 is 1.29 bits per heavy atom. The van der Waals surface area contributed by atoms with Gasteiger partial charge in [-0.05, 0) is 50.8 Å². The summed E-state index contributed by atoms with van der Waals surface area (Å²) in [5.41, 5.74) is 0.395. The van der Waals surface area contributed by atoms with Crippen LogP contribution in [0.25, 0.3) is 4.96 Å². The minimum absolute atomic E-state index is 0.326. The first kappa shape index (κ1) is 24.1. The van der Waals surface area contributed by atoms with Crippen molar-refractivity contribution in [3.63, 3.8) is 0 Å². The molecule has 2 aromatic heterocycles. The van der Waals surface area contributed by atoms with Crippen molar-refractivity contribution >= 4 is 57.4 Å². The zero-order valence-corrected chi connectivity index (χ0v) is 21.1. The number of aromatic nitrogens is 4. The molecule has 0 saturated carbocycles. The molecule has 1 unspecified atom stereocenters. The molecule has 3 aromatic rings. The fourth-order valence-electron chi connectivity index (χ4n) is 2.82. The van der Waals surface area contributed by atoms with Gasteiger partial charge >= 0.3 is 6.09 Å². The lowest BCUT2D eigenvalue weighted by Crippen LogP contribution is -2.36. The van der Waals surface area contributed by atoms with Crippen LogP contribution in [0.1, 0.15) is 58.5 Å². The Balaban J connectivity index is 1.78. The van der Waals surface area contributed by atoms with Crippen molar-refractivity contribution in [2.24, 2.45) is 5.92 Å². The lowest BCUT2D eigenvalue weighted by atomic mass is 10.0. The van der Waals surface area contributed by atoms with E-state index in [0.29, 0.717) is 38.9 Å². The van der Waals surface area contributed by atoms with Gasteiger partial charge in [-0.3, -0.25) is 0 Å². The molecule has 0 fully saturated rings. The summed E-state index contributed by atoms with van der Waals surface area (Å²) in [6.45, 7) is 9.66. The highest BCUT2D eigenvalue weighted by molar-refractivity contribution is 8.00. The van der Waals surface area contributed by atoms with E-state index < -0.39 is 11.7 Å². The monoisotopic (exact) mass is 501 g/mol. The van der Waals surface area contributed by atoms with E-state index in [4.69, 9.17) is 27.9 Å². The number of hydrogen-bond donors (Lipinski definition) is 1. The average molecular weight is 502 g/mol. The summed E-state index contributed by atoms with van der Waals surface area (Å²) in [7, 11) is 0. The standard InChI is InChI=1S/C20H25Cl2N5O2S2/c1-11(2)8-15(23-18(28)29-20(3,4)5)16-24-25-17-27(16)26-19(31-17)30-10-12-6-7-13(21)9-14(12)22/h6-7,9,11,15H,8,10H2,1-5H3,(H,23,28). The van der Waals surface area contributed by atoms with Crippen molar-refractivity contribution < 1.29 is 9.53 Å². The van der Waals surface area contributed by atoms with Crippen LogP contribution in [-0.4, -0.2) is 31.5 Å². The number of benzene rings is 1. The largest absolute Gasteiger partial charge is 0.444 e. The van der Waals surface area contributed by atoms with Gasteiger partial charge in [0.25, 0.3) is 0 Å². The average Bonchev–Trinajstić information content (AvgIpc) is 3.18. The van der Waals surface area contributed by atoms with E-state index in [-0.39, 0.29) is 6.04 Å². The highest BCUT2D eigenvalue weighted by Gasteiger charge is 2.26. The second-order valence-corrected chi connectivity index (χ2v) is 11.5. The predicted octanol–water partition coefficient (Wildman–Crippen LogP) is 6.40. The Kier molecular flexibility index (Phi) is 7.72. The minimum atomic E-state index is -0.583. The molecule has 0 aliphatic rings. The molecule has 168 valence electrons. The summed E-state index contributed by atoms with van der Waals surface area (Å²) in [5.74, 6) is 1.56. The third-order valence-corrected chi connectivity index (χ3v) is 6.74. The molecular formula is C20H25Cl2N5O2S2. The first-order valence-electron chi connectivity index (χ1n) is 9.80. The van der Waals surface area contributed by atoms with Crippen LogP contribution in [0.3, 0.4) is 0 Å². The number of ether oxygens (including phenoxy) is 1. The molecule has 0 radical (unpaired) electrons. The van der Waals surface area contributed by atoms with Gasteiger partial charge < -0.3 is 10.1 Å². The van der Waals surface area contributed by atoms with E-state index >= 15 is 0 Å². The van der Waals surface area contributed by atoms with Crippen molar-refractivity contribution in [1.29, 1.82) is 0 Å². The third kappa shape index (κ3) is 6.71. The number of nitrogens with one attached hydrogen (secondary N) is 1. The first-order valence-corrected chi connectivity index (χ1v) is 12.4. The molecule has 1 N–H and O–H groups in total. The second-order valence-electron chi connectivity index (χ2n) is 8.47. The minimum Gasteiger partial charge on any atom is -0.444 e. The topological polar surface area (TPSA) is 81.4 Å². The highest BCUT2D eigenvalue weighted by Crippen LogP contribution is 2.32. The quantitative estimate of drug-likeness (QED) is 0.377. The van der Waals surface area contributed by atoms with E-state index in [1.54, 1.807) is 22.3 Å². The molecule has 11 heteroatoms. The fraction of sp³-hybridized carbons (Fsp3) is 0.500. The third-order valence-electron chi connectivity index (χ3n) is 4.07. The Morgan fingerprint density at radius 3 is 2.68 bits per heavy atom. The predicted molar refractivity (Wildman–Crippen MR) is 126 cm³/mol. The van der Waals surface area contributed by atoms with Gasteiger partial charge in [0.1, 0.15) is 5.60 Å². The van der Waals surface area contributed by atoms with Gasteiger partial charge in [-0.1, -0.05) is 66.2 Å². The number of rotatable bonds is 7. The molecule has 0 bridgehead atoms. The number of nitrogens with zero attached hydrogens (tertiary/aromatic N) is 4. The Hall–Kier alpha value is -1.55. The maximum atomic E-state index is 12.4. The Morgan fingerprint density at radius 2 is 2.03 bits per heavy atom. The van der Waals surface area contributed by atoms with E-state index in [2.05, 4.69) is 34.5 Å². The summed E-state index contributed by atoms with van der Waals surface area (Å²) in [6, 6.07) is 5.09. The highest BCUT2D eigenvalue weighted by atomic mass is 35.5. The van der Waals surface area contributed by atoms with Crippen LogP contribution in [-0.2, 0) is 10.5 Å². The molecule has 0 aliphatic heterocycles. The van der Waals surface area contributed by atoms with Crippen molar-refractivity contribution in [2.45, 2.75) is 62.8 Å². The van der Waals surface area contributed by atoms with Crippen molar-refractivity contribution in [1.82, 2.24) is 25.1 Å². The molecule has 0 aliphatic carbocycles. The SMILES string of the molecule is CC(C)CC(NC(=O)OC(C)(C)C)c1nnc2sc(SCc3ccc(Cl)cc3Cl)nn12. The van der Waals surface area contributed by atoms with Crippen LogP contribution < -0.4 is 5.32 Å². The van der Waals surface area contributed by atoms with Crippen LogP contribution in [0.5, 0.6) is 0 Å². The number of alkyl carbamates (subject to hydrolysis) is 1. The first-order chi connectivity index (χ1) is 14.5. The molecule has 0 spiro atoms. The summed E-state index contributed by atoms with van der Waals surface area (Å²) in [6.07, 6.45) is 0.192. The zero-order chi connectivity index (χ0) is 22.8. The summed E-state index contributed by atoms with van der Waals surface area (Å²) in [4.78, 5) is 13.0. The molecule has 7 nitrogen and oxygen atoms in total. The fourth-order valence-corrected chi connectivity index (χ4v) is 5.26. The maximum Gasteiger partial charge on any atom is 0.408 e. The lowest BCUT2D eigenvalue weighted by Gasteiger charge is -2.23. The molecule has 31 heavy (non-hydrogen) atoms.